The molecule has 4 rings (SSSR count). The van der Waals surface area contributed by atoms with Crippen LogP contribution in [0.3, 0.4) is 0 Å². The first kappa shape index (κ1) is 26.9. The first-order valence-electron chi connectivity index (χ1n) is 14.3. The van der Waals surface area contributed by atoms with Crippen molar-refractivity contribution >= 4 is 0 Å². The summed E-state index contributed by atoms with van der Waals surface area (Å²) in [5.41, 5.74) is 0.621. The van der Waals surface area contributed by atoms with Gasteiger partial charge in [-0.15, -0.1) is 0 Å². The van der Waals surface area contributed by atoms with E-state index >= 15 is 0 Å². The lowest BCUT2D eigenvalue weighted by atomic mass is 9.41. The molecule has 198 valence electrons. The number of aliphatic hydroxyl groups is 2. The summed E-state index contributed by atoms with van der Waals surface area (Å²) in [6, 6.07) is 0. The summed E-state index contributed by atoms with van der Waals surface area (Å²) in [5, 5.41) is 21.5. The molecule has 5 heteroatoms. The number of hydrogen-bond acceptors (Lipinski definition) is 5. The van der Waals surface area contributed by atoms with Crippen LogP contribution in [0.4, 0.5) is 0 Å². The lowest BCUT2D eigenvalue weighted by molar-refractivity contribution is -0.213. The molecule has 0 aromatic heterocycles. The van der Waals surface area contributed by atoms with Crippen molar-refractivity contribution in [1.29, 1.82) is 0 Å². The van der Waals surface area contributed by atoms with E-state index in [0.29, 0.717) is 78.9 Å². The van der Waals surface area contributed by atoms with Gasteiger partial charge < -0.3 is 24.4 Å². The van der Waals surface area contributed by atoms with E-state index in [9.17, 15) is 10.2 Å². The Morgan fingerprint density at radius 2 is 1.71 bits per heavy atom. The second kappa shape index (κ2) is 11.0. The zero-order valence-corrected chi connectivity index (χ0v) is 22.5. The van der Waals surface area contributed by atoms with Crippen molar-refractivity contribution in [2.45, 2.75) is 97.7 Å². The molecule has 11 atom stereocenters. The second-order valence-corrected chi connectivity index (χ2v) is 12.8. The van der Waals surface area contributed by atoms with E-state index in [1.54, 1.807) is 7.11 Å². The molecule has 0 spiro atoms. The first-order chi connectivity index (χ1) is 16.3. The standard InChI is InChI=1S/C29H52O5/c1-6-21-25-17-20(34-18-33-16-15-32-5)9-12-29(25,4)24-10-13-28(3)22(19(2)11-14-30)7-8-23(28)26(24)27(21)31/h19-27,30-31H,6-18H2,1-5H3/t19-,20-,21-,22-,23+,24+,25?,26+,27-,28?,29+/m1/s1. The molecule has 4 fully saturated rings. The van der Waals surface area contributed by atoms with Crippen LogP contribution in [0.2, 0.25) is 0 Å². The number of hydrogen-bond donors (Lipinski definition) is 2. The molecule has 0 aromatic carbocycles. The van der Waals surface area contributed by atoms with Gasteiger partial charge in [0.2, 0.25) is 0 Å². The Hall–Kier alpha value is -0.200. The Bertz CT molecular complexity index is 656. The summed E-state index contributed by atoms with van der Waals surface area (Å²) in [6.07, 6.45) is 10.5. The summed E-state index contributed by atoms with van der Waals surface area (Å²) in [6.45, 7) is 11.6. The monoisotopic (exact) mass is 480 g/mol. The molecule has 4 aliphatic carbocycles. The van der Waals surface area contributed by atoms with Crippen LogP contribution in [-0.4, -0.2) is 56.1 Å². The van der Waals surface area contributed by atoms with E-state index in [0.717, 1.165) is 25.7 Å². The average molecular weight is 481 g/mol. The number of methoxy groups -OCH3 is 1. The van der Waals surface area contributed by atoms with Crippen LogP contribution < -0.4 is 0 Å². The highest BCUT2D eigenvalue weighted by molar-refractivity contribution is 5.13. The molecule has 0 aromatic rings. The fraction of sp³-hybridized carbons (Fsp3) is 1.00. The quantitative estimate of drug-likeness (QED) is 0.329. The lowest BCUT2D eigenvalue weighted by Crippen LogP contribution is -2.62. The van der Waals surface area contributed by atoms with Gasteiger partial charge in [0.15, 0.2) is 0 Å². The highest BCUT2D eigenvalue weighted by Crippen LogP contribution is 2.69. The minimum absolute atomic E-state index is 0.193. The van der Waals surface area contributed by atoms with Gasteiger partial charge in [-0.3, -0.25) is 0 Å². The first-order valence-corrected chi connectivity index (χ1v) is 14.3. The lowest BCUT2D eigenvalue weighted by Gasteiger charge is -2.65. The highest BCUT2D eigenvalue weighted by atomic mass is 16.7. The zero-order valence-electron chi connectivity index (χ0n) is 22.5. The van der Waals surface area contributed by atoms with Crippen molar-refractivity contribution in [2.24, 2.45) is 52.3 Å². The van der Waals surface area contributed by atoms with Gasteiger partial charge in [0.25, 0.3) is 0 Å². The topological polar surface area (TPSA) is 68.2 Å². The van der Waals surface area contributed by atoms with Crippen molar-refractivity contribution < 1.29 is 24.4 Å². The predicted octanol–water partition coefficient (Wildman–Crippen LogP) is 5.28. The zero-order chi connectivity index (χ0) is 24.5. The molecule has 2 unspecified atom stereocenters. The minimum Gasteiger partial charge on any atom is -0.396 e. The maximum Gasteiger partial charge on any atom is 0.147 e. The Morgan fingerprint density at radius 1 is 0.971 bits per heavy atom. The largest absolute Gasteiger partial charge is 0.396 e. The van der Waals surface area contributed by atoms with E-state index in [1.165, 1.54) is 32.1 Å². The number of rotatable bonds is 10. The highest BCUT2D eigenvalue weighted by Gasteiger charge is 2.64. The van der Waals surface area contributed by atoms with E-state index in [4.69, 9.17) is 14.2 Å². The van der Waals surface area contributed by atoms with E-state index in [1.807, 2.05) is 0 Å². The van der Waals surface area contributed by atoms with Crippen LogP contribution in [0.5, 0.6) is 0 Å². The summed E-state index contributed by atoms with van der Waals surface area (Å²) in [4.78, 5) is 0. The molecule has 0 aliphatic heterocycles. The number of fused-ring (bicyclic) bond motifs is 5. The molecule has 0 radical (unpaired) electrons. The minimum atomic E-state index is -0.193. The van der Waals surface area contributed by atoms with Gasteiger partial charge in [0, 0.05) is 13.7 Å². The van der Waals surface area contributed by atoms with Gasteiger partial charge in [-0.2, -0.15) is 0 Å². The Morgan fingerprint density at radius 3 is 2.41 bits per heavy atom. The SMILES string of the molecule is CC[C@@H]1C2C[C@H](OCOCCOC)CC[C@@]2(C)[C@H]2CCC3(C)[C@@H]([C@H](C)CCO)CC[C@H]3[C@@H]2[C@@H]1O. The fourth-order valence-corrected chi connectivity index (χ4v) is 9.82. The van der Waals surface area contributed by atoms with Gasteiger partial charge in [-0.1, -0.05) is 34.1 Å². The molecule has 4 aliphatic rings. The summed E-state index contributed by atoms with van der Waals surface area (Å²) >= 11 is 0. The van der Waals surface area contributed by atoms with Crippen LogP contribution in [-0.2, 0) is 14.2 Å². The number of aliphatic hydroxyl groups excluding tert-OH is 2. The maximum absolute atomic E-state index is 11.9. The number of ether oxygens (including phenoxy) is 3. The summed E-state index contributed by atoms with van der Waals surface area (Å²) in [7, 11) is 1.69. The van der Waals surface area contributed by atoms with E-state index in [-0.39, 0.29) is 12.2 Å². The van der Waals surface area contributed by atoms with Gasteiger partial charge >= 0.3 is 0 Å². The van der Waals surface area contributed by atoms with Gasteiger partial charge in [-0.05, 0) is 104 Å². The summed E-state index contributed by atoms with van der Waals surface area (Å²) in [5.74, 6) is 3.84. The molecule has 5 nitrogen and oxygen atoms in total. The molecular formula is C29H52O5. The Labute approximate surface area is 208 Å². The van der Waals surface area contributed by atoms with Crippen LogP contribution in [0.1, 0.15) is 85.5 Å². The molecule has 34 heavy (non-hydrogen) atoms. The molecule has 0 heterocycles. The maximum atomic E-state index is 11.9. The van der Waals surface area contributed by atoms with Crippen molar-refractivity contribution in [2.75, 3.05) is 33.7 Å². The van der Waals surface area contributed by atoms with Crippen molar-refractivity contribution in [3.05, 3.63) is 0 Å². The van der Waals surface area contributed by atoms with Gasteiger partial charge in [0.05, 0.1) is 25.4 Å². The Balaban J connectivity index is 1.50. The Kier molecular flexibility index (Phi) is 8.72. The van der Waals surface area contributed by atoms with Crippen LogP contribution in [0.25, 0.3) is 0 Å². The summed E-state index contributed by atoms with van der Waals surface area (Å²) < 4.78 is 16.8. The van der Waals surface area contributed by atoms with E-state index in [2.05, 4.69) is 27.7 Å². The third-order valence-electron chi connectivity index (χ3n) is 11.5. The average Bonchev–Trinajstić information content (AvgIpc) is 3.17. The van der Waals surface area contributed by atoms with Crippen molar-refractivity contribution in [3.8, 4) is 0 Å². The van der Waals surface area contributed by atoms with Crippen LogP contribution >= 0.6 is 0 Å². The molecular weight excluding hydrogens is 428 g/mol. The smallest absolute Gasteiger partial charge is 0.147 e. The predicted molar refractivity (Wildman–Crippen MR) is 134 cm³/mol. The van der Waals surface area contributed by atoms with Crippen molar-refractivity contribution in [1.82, 2.24) is 0 Å². The molecule has 2 N–H and O–H groups in total. The van der Waals surface area contributed by atoms with Gasteiger partial charge in [-0.25, -0.2) is 0 Å². The fourth-order valence-electron chi connectivity index (χ4n) is 9.82. The van der Waals surface area contributed by atoms with Gasteiger partial charge in [0.1, 0.15) is 6.79 Å². The van der Waals surface area contributed by atoms with E-state index < -0.39 is 0 Å². The molecule has 4 saturated carbocycles. The third kappa shape index (κ3) is 4.62. The normalized spacial score (nSPS) is 47.0. The molecule has 0 amide bonds. The van der Waals surface area contributed by atoms with Crippen molar-refractivity contribution in [3.63, 3.8) is 0 Å². The van der Waals surface area contributed by atoms with Crippen LogP contribution in [0.15, 0.2) is 0 Å². The molecule has 0 bridgehead atoms. The van der Waals surface area contributed by atoms with Crippen LogP contribution in [0, 0.1) is 52.3 Å². The second-order valence-electron chi connectivity index (χ2n) is 12.8. The molecule has 0 saturated heterocycles. The third-order valence-corrected chi connectivity index (χ3v) is 11.5.